The Hall–Kier alpha value is -3.68. The van der Waals surface area contributed by atoms with Crippen LogP contribution in [0.5, 0.6) is 0 Å². The smallest absolute Gasteiger partial charge is 0.338 e. The number of esters is 1. The number of ether oxygens (including phenoxy) is 1. The number of nitrogens with zero attached hydrogens (tertiary/aromatic N) is 2. The molecule has 2 heterocycles. The van der Waals surface area contributed by atoms with Gasteiger partial charge in [-0.2, -0.15) is 0 Å². The van der Waals surface area contributed by atoms with Gasteiger partial charge in [-0.1, -0.05) is 18.2 Å². The van der Waals surface area contributed by atoms with Gasteiger partial charge in [-0.05, 0) is 56.2 Å². The molecule has 3 amide bonds. The van der Waals surface area contributed by atoms with Gasteiger partial charge in [0.15, 0.2) is 0 Å². The summed E-state index contributed by atoms with van der Waals surface area (Å²) in [6, 6.07) is 16.0. The molecule has 2 aliphatic heterocycles. The Bertz CT molecular complexity index is 1050. The van der Waals surface area contributed by atoms with Crippen molar-refractivity contribution < 1.29 is 23.9 Å². The number of benzene rings is 2. The van der Waals surface area contributed by atoms with Crippen LogP contribution in [-0.2, 0) is 19.1 Å². The van der Waals surface area contributed by atoms with Crippen LogP contribution in [-0.4, -0.2) is 54.8 Å². The monoisotopic (exact) mass is 463 g/mol. The SMILES string of the molecule is CCOC(=O)c1ccc(NC(=O)C2CCN(C(=O)C3CC(=O)N(c4ccccc4)C3)CC2)cc1. The Labute approximate surface area is 198 Å². The third-order valence-electron chi connectivity index (χ3n) is 6.38. The molecule has 0 radical (unpaired) electrons. The topological polar surface area (TPSA) is 96.0 Å². The number of carbonyl (C=O) groups is 4. The first-order valence-corrected chi connectivity index (χ1v) is 11.7. The molecule has 0 aromatic heterocycles. The normalized spacial score (nSPS) is 18.6. The molecule has 2 fully saturated rings. The molecule has 1 atom stereocenters. The molecule has 0 bridgehead atoms. The fourth-order valence-electron chi connectivity index (χ4n) is 4.50. The van der Waals surface area contributed by atoms with Gasteiger partial charge < -0.3 is 19.9 Å². The summed E-state index contributed by atoms with van der Waals surface area (Å²) in [6.45, 7) is 3.44. The van der Waals surface area contributed by atoms with Crippen LogP contribution in [0.1, 0.15) is 36.5 Å². The van der Waals surface area contributed by atoms with E-state index in [1.54, 1.807) is 41.0 Å². The molecule has 8 heteroatoms. The van der Waals surface area contributed by atoms with Crippen molar-refractivity contribution in [2.75, 3.05) is 36.5 Å². The third kappa shape index (κ3) is 5.27. The van der Waals surface area contributed by atoms with E-state index >= 15 is 0 Å². The maximum atomic E-state index is 13.0. The maximum Gasteiger partial charge on any atom is 0.338 e. The van der Waals surface area contributed by atoms with Crippen LogP contribution in [0.25, 0.3) is 0 Å². The molecule has 1 unspecified atom stereocenters. The van der Waals surface area contributed by atoms with Crippen molar-refractivity contribution in [1.29, 1.82) is 0 Å². The number of likely N-dealkylation sites (tertiary alicyclic amines) is 1. The molecule has 0 aliphatic carbocycles. The molecule has 8 nitrogen and oxygen atoms in total. The van der Waals surface area contributed by atoms with Crippen molar-refractivity contribution in [3.8, 4) is 0 Å². The minimum atomic E-state index is -0.395. The minimum absolute atomic E-state index is 0.0137. The second kappa shape index (κ2) is 10.5. The van der Waals surface area contributed by atoms with Crippen molar-refractivity contribution in [1.82, 2.24) is 4.90 Å². The average Bonchev–Trinajstić information content (AvgIpc) is 3.26. The van der Waals surface area contributed by atoms with Gasteiger partial charge in [-0.3, -0.25) is 14.4 Å². The van der Waals surface area contributed by atoms with E-state index in [1.165, 1.54) is 0 Å². The maximum absolute atomic E-state index is 13.0. The Morgan fingerprint density at radius 2 is 1.65 bits per heavy atom. The van der Waals surface area contributed by atoms with E-state index in [-0.39, 0.29) is 36.0 Å². The van der Waals surface area contributed by atoms with Gasteiger partial charge in [0.1, 0.15) is 0 Å². The van der Waals surface area contributed by atoms with Gasteiger partial charge in [0.05, 0.1) is 18.1 Å². The van der Waals surface area contributed by atoms with Gasteiger partial charge in [-0.15, -0.1) is 0 Å². The van der Waals surface area contributed by atoms with E-state index < -0.39 is 5.97 Å². The lowest BCUT2D eigenvalue weighted by molar-refractivity contribution is -0.138. The highest BCUT2D eigenvalue weighted by Crippen LogP contribution is 2.28. The van der Waals surface area contributed by atoms with Crippen molar-refractivity contribution in [2.45, 2.75) is 26.2 Å². The lowest BCUT2D eigenvalue weighted by Gasteiger charge is -2.33. The summed E-state index contributed by atoms with van der Waals surface area (Å²) >= 11 is 0. The summed E-state index contributed by atoms with van der Waals surface area (Å²) < 4.78 is 4.96. The Morgan fingerprint density at radius 3 is 2.29 bits per heavy atom. The van der Waals surface area contributed by atoms with Crippen LogP contribution in [0.3, 0.4) is 0 Å². The number of anilines is 2. The molecule has 0 spiro atoms. The Balaban J connectivity index is 1.27. The Morgan fingerprint density at radius 1 is 0.971 bits per heavy atom. The molecule has 4 rings (SSSR count). The first kappa shape index (κ1) is 23.5. The van der Waals surface area contributed by atoms with E-state index in [2.05, 4.69) is 5.32 Å². The molecule has 2 saturated heterocycles. The number of hydrogen-bond donors (Lipinski definition) is 1. The number of rotatable bonds is 6. The van der Waals surface area contributed by atoms with Crippen LogP contribution >= 0.6 is 0 Å². The predicted molar refractivity (Wildman–Crippen MR) is 127 cm³/mol. The van der Waals surface area contributed by atoms with Crippen LogP contribution in [0.4, 0.5) is 11.4 Å². The second-order valence-electron chi connectivity index (χ2n) is 8.63. The van der Waals surface area contributed by atoms with Crippen molar-refractivity contribution in [3.63, 3.8) is 0 Å². The molecular weight excluding hydrogens is 434 g/mol. The van der Waals surface area contributed by atoms with Gasteiger partial charge >= 0.3 is 5.97 Å². The van der Waals surface area contributed by atoms with E-state index in [1.807, 2.05) is 30.3 Å². The summed E-state index contributed by atoms with van der Waals surface area (Å²) in [7, 11) is 0. The molecular formula is C26H29N3O5. The van der Waals surface area contributed by atoms with E-state index in [4.69, 9.17) is 4.74 Å². The second-order valence-corrected chi connectivity index (χ2v) is 8.63. The van der Waals surface area contributed by atoms with Crippen molar-refractivity contribution in [2.24, 2.45) is 11.8 Å². The lowest BCUT2D eigenvalue weighted by atomic mass is 9.94. The number of carbonyl (C=O) groups excluding carboxylic acids is 4. The molecule has 1 N–H and O–H groups in total. The highest BCUT2D eigenvalue weighted by molar-refractivity contribution is 6.00. The van der Waals surface area contributed by atoms with Gasteiger partial charge in [-0.25, -0.2) is 4.79 Å². The molecule has 0 saturated carbocycles. The number of para-hydroxylation sites is 1. The quantitative estimate of drug-likeness (QED) is 0.664. The molecule has 2 aromatic carbocycles. The lowest BCUT2D eigenvalue weighted by Crippen LogP contribution is -2.44. The van der Waals surface area contributed by atoms with Crippen LogP contribution < -0.4 is 10.2 Å². The number of amides is 3. The molecule has 2 aromatic rings. The summed E-state index contributed by atoms with van der Waals surface area (Å²) in [6.07, 6.45) is 1.36. The largest absolute Gasteiger partial charge is 0.462 e. The zero-order valence-electron chi connectivity index (χ0n) is 19.2. The van der Waals surface area contributed by atoms with Crippen molar-refractivity contribution >= 4 is 35.1 Å². The highest BCUT2D eigenvalue weighted by Gasteiger charge is 2.38. The minimum Gasteiger partial charge on any atom is -0.462 e. The summed E-state index contributed by atoms with van der Waals surface area (Å²) in [4.78, 5) is 53.4. The van der Waals surface area contributed by atoms with Crippen LogP contribution in [0.15, 0.2) is 54.6 Å². The van der Waals surface area contributed by atoms with Crippen molar-refractivity contribution in [3.05, 3.63) is 60.2 Å². The van der Waals surface area contributed by atoms with E-state index in [0.717, 1.165) is 5.69 Å². The molecule has 2 aliphatic rings. The summed E-state index contributed by atoms with van der Waals surface area (Å²) in [5.41, 5.74) is 1.86. The summed E-state index contributed by atoms with van der Waals surface area (Å²) in [5, 5.41) is 2.89. The van der Waals surface area contributed by atoms with Gasteiger partial charge in [0.2, 0.25) is 17.7 Å². The van der Waals surface area contributed by atoms with Crippen LogP contribution in [0, 0.1) is 11.8 Å². The fraction of sp³-hybridized carbons (Fsp3) is 0.385. The molecule has 178 valence electrons. The Kier molecular flexibility index (Phi) is 7.25. The van der Waals surface area contributed by atoms with Gasteiger partial charge in [0, 0.05) is 43.3 Å². The van der Waals surface area contributed by atoms with Crippen LogP contribution in [0.2, 0.25) is 0 Å². The first-order valence-electron chi connectivity index (χ1n) is 11.7. The summed E-state index contributed by atoms with van der Waals surface area (Å²) in [5.74, 6) is -1.08. The number of hydrogen-bond acceptors (Lipinski definition) is 5. The fourth-order valence-corrected chi connectivity index (χ4v) is 4.50. The third-order valence-corrected chi connectivity index (χ3v) is 6.38. The van der Waals surface area contributed by atoms with E-state index in [9.17, 15) is 19.2 Å². The standard InChI is InChI=1S/C26H29N3O5/c1-2-34-26(33)19-8-10-21(11-9-19)27-24(31)18-12-14-28(15-13-18)25(32)20-16-23(30)29(17-20)22-6-4-3-5-7-22/h3-11,18,20H,2,12-17H2,1H3,(H,27,31). The van der Waals surface area contributed by atoms with Gasteiger partial charge in [0.25, 0.3) is 0 Å². The van der Waals surface area contributed by atoms with E-state index in [0.29, 0.717) is 50.3 Å². The first-order chi connectivity index (χ1) is 16.5. The predicted octanol–water partition coefficient (Wildman–Crippen LogP) is 3.09. The number of piperidine rings is 1. The average molecular weight is 464 g/mol. The zero-order chi connectivity index (χ0) is 24.1. The molecule has 34 heavy (non-hydrogen) atoms. The zero-order valence-corrected chi connectivity index (χ0v) is 19.2. The number of nitrogens with one attached hydrogen (secondary N) is 1. The highest BCUT2D eigenvalue weighted by atomic mass is 16.5.